The van der Waals surface area contributed by atoms with Gasteiger partial charge in [-0.15, -0.1) is 23.5 Å². The fourth-order valence-corrected chi connectivity index (χ4v) is 1.78. The van der Waals surface area contributed by atoms with E-state index in [4.69, 9.17) is 0 Å². The highest BCUT2D eigenvalue weighted by molar-refractivity contribution is 8.03. The summed E-state index contributed by atoms with van der Waals surface area (Å²) < 4.78 is 0. The lowest BCUT2D eigenvalue weighted by Crippen LogP contribution is -1.71. The molecule has 1 rings (SSSR count). The van der Waals surface area contributed by atoms with Crippen LogP contribution in [0.5, 0.6) is 0 Å². The monoisotopic (exact) mass is 144 g/mol. The smallest absolute Gasteiger partial charge is 0.0162 e. The molecule has 0 unspecified atom stereocenters. The van der Waals surface area contributed by atoms with Crippen LogP contribution < -0.4 is 0 Å². The van der Waals surface area contributed by atoms with Gasteiger partial charge in [0.1, 0.15) is 0 Å². The highest BCUT2D eigenvalue weighted by atomic mass is 32.2. The van der Waals surface area contributed by atoms with Crippen LogP contribution in [0.15, 0.2) is 23.0 Å². The van der Waals surface area contributed by atoms with Gasteiger partial charge in [0.05, 0.1) is 0 Å². The van der Waals surface area contributed by atoms with Crippen molar-refractivity contribution in [2.45, 2.75) is 0 Å². The molecule has 0 bridgehead atoms. The Balaban J connectivity index is 2.29. The molecule has 0 aromatic heterocycles. The van der Waals surface area contributed by atoms with E-state index in [9.17, 15) is 0 Å². The number of thioether (sulfide) groups is 2. The molecule has 0 aromatic rings. The van der Waals surface area contributed by atoms with Gasteiger partial charge in [0, 0.05) is 11.5 Å². The maximum Gasteiger partial charge on any atom is 0.0162 e. The largest absolute Gasteiger partial charge is 0.130 e. The highest BCUT2D eigenvalue weighted by Crippen LogP contribution is 2.11. The molecule has 0 amide bonds. The normalized spacial score (nSPS) is 20.0. The molecule has 0 aromatic carbocycles. The zero-order valence-corrected chi connectivity index (χ0v) is 6.17. The van der Waals surface area contributed by atoms with Crippen LogP contribution in [0.2, 0.25) is 0 Å². The van der Waals surface area contributed by atoms with Crippen LogP contribution in [0, 0.1) is 0 Å². The molecule has 0 nitrogen and oxygen atoms in total. The Kier molecular flexibility index (Phi) is 3.23. The highest BCUT2D eigenvalue weighted by Gasteiger charge is 1.82. The van der Waals surface area contributed by atoms with Crippen LogP contribution in [0.25, 0.3) is 0 Å². The van der Waals surface area contributed by atoms with Gasteiger partial charge in [-0.25, -0.2) is 0 Å². The van der Waals surface area contributed by atoms with E-state index in [-0.39, 0.29) is 0 Å². The van der Waals surface area contributed by atoms with Crippen LogP contribution in [-0.2, 0) is 0 Å². The Bertz CT molecular complexity index is 79.1. The van der Waals surface area contributed by atoms with Crippen molar-refractivity contribution in [3.63, 3.8) is 0 Å². The summed E-state index contributed by atoms with van der Waals surface area (Å²) in [5.41, 5.74) is 0. The molecule has 8 heavy (non-hydrogen) atoms. The molecule has 0 fully saturated rings. The van der Waals surface area contributed by atoms with E-state index in [0.717, 1.165) is 11.5 Å². The van der Waals surface area contributed by atoms with Crippen LogP contribution >= 0.6 is 23.5 Å². The van der Waals surface area contributed by atoms with Crippen molar-refractivity contribution < 1.29 is 0 Å². The second-order valence-corrected chi connectivity index (χ2v) is 3.29. The lowest BCUT2D eigenvalue weighted by atomic mass is 10.7. The third-order valence-corrected chi connectivity index (χ3v) is 2.31. The van der Waals surface area contributed by atoms with Gasteiger partial charge in [-0.05, 0) is 10.8 Å². The van der Waals surface area contributed by atoms with Crippen LogP contribution in [0.4, 0.5) is 0 Å². The third kappa shape index (κ3) is 2.48. The standard InChI is InChI=1S/C6H8S2/c1-3-7-5-2-6-8-4-1/h1-3,6H,4-5H2. The van der Waals surface area contributed by atoms with Crippen LogP contribution in [-0.4, -0.2) is 11.5 Å². The lowest BCUT2D eigenvalue weighted by Gasteiger charge is -1.92. The van der Waals surface area contributed by atoms with Crippen molar-refractivity contribution >= 4 is 23.5 Å². The van der Waals surface area contributed by atoms with E-state index in [1.165, 1.54) is 0 Å². The Morgan fingerprint density at radius 2 is 1.38 bits per heavy atom. The van der Waals surface area contributed by atoms with Crippen molar-refractivity contribution in [1.29, 1.82) is 0 Å². The van der Waals surface area contributed by atoms with Crippen molar-refractivity contribution in [2.24, 2.45) is 0 Å². The molecule has 1 aliphatic heterocycles. The molecule has 1 heterocycles. The third-order valence-electron chi connectivity index (χ3n) is 0.770. The van der Waals surface area contributed by atoms with Gasteiger partial charge in [0.25, 0.3) is 0 Å². The summed E-state index contributed by atoms with van der Waals surface area (Å²) in [5, 5.41) is 4.33. The summed E-state index contributed by atoms with van der Waals surface area (Å²) >= 11 is 3.70. The first kappa shape index (κ1) is 6.30. The Morgan fingerprint density at radius 3 is 1.88 bits per heavy atom. The minimum Gasteiger partial charge on any atom is -0.130 e. The van der Waals surface area contributed by atoms with Gasteiger partial charge in [-0.3, -0.25) is 0 Å². The SMILES string of the molecule is C1=CSCC=CSC1. The number of hydrogen-bond donors (Lipinski definition) is 0. The van der Waals surface area contributed by atoms with Gasteiger partial charge in [-0.2, -0.15) is 0 Å². The van der Waals surface area contributed by atoms with Crippen LogP contribution in [0.3, 0.4) is 0 Å². The minimum atomic E-state index is 1.13. The molecule has 1 aliphatic rings. The van der Waals surface area contributed by atoms with Crippen molar-refractivity contribution in [2.75, 3.05) is 11.5 Å². The van der Waals surface area contributed by atoms with Crippen molar-refractivity contribution in [3.05, 3.63) is 23.0 Å². The zero-order chi connectivity index (χ0) is 5.66. The zero-order valence-electron chi connectivity index (χ0n) is 4.54. The molecule has 0 aliphatic carbocycles. The molecule has 0 spiro atoms. The summed E-state index contributed by atoms with van der Waals surface area (Å²) in [4.78, 5) is 0. The molecule has 2 heteroatoms. The first-order valence-electron chi connectivity index (χ1n) is 2.53. The van der Waals surface area contributed by atoms with E-state index in [1.54, 1.807) is 0 Å². The van der Waals surface area contributed by atoms with Gasteiger partial charge in [-0.1, -0.05) is 12.2 Å². The van der Waals surface area contributed by atoms with Crippen LogP contribution in [0.1, 0.15) is 0 Å². The minimum absolute atomic E-state index is 1.13. The van der Waals surface area contributed by atoms with Crippen molar-refractivity contribution in [1.82, 2.24) is 0 Å². The first-order chi connectivity index (χ1) is 4.00. The molecule has 0 N–H and O–H groups in total. The van der Waals surface area contributed by atoms with E-state index >= 15 is 0 Å². The quantitative estimate of drug-likeness (QED) is 0.512. The topological polar surface area (TPSA) is 0 Å². The molecule has 0 saturated carbocycles. The lowest BCUT2D eigenvalue weighted by molar-refractivity contribution is 1.76. The Hall–Kier alpha value is 0.180. The summed E-state index contributed by atoms with van der Waals surface area (Å²) in [5.74, 6) is 2.26. The summed E-state index contributed by atoms with van der Waals surface area (Å²) in [6.45, 7) is 0. The Morgan fingerprint density at radius 1 is 0.875 bits per heavy atom. The molecular formula is C6H8S2. The second kappa shape index (κ2) is 4.10. The van der Waals surface area contributed by atoms with E-state index in [0.29, 0.717) is 0 Å². The van der Waals surface area contributed by atoms with Crippen molar-refractivity contribution in [3.8, 4) is 0 Å². The van der Waals surface area contributed by atoms with Gasteiger partial charge < -0.3 is 0 Å². The molecule has 0 atom stereocenters. The molecule has 0 radical (unpaired) electrons. The maximum absolute atomic E-state index is 2.19. The Labute approximate surface area is 58.4 Å². The van der Waals surface area contributed by atoms with Gasteiger partial charge in [0.2, 0.25) is 0 Å². The first-order valence-corrected chi connectivity index (χ1v) is 4.63. The predicted molar refractivity (Wildman–Crippen MR) is 43.2 cm³/mol. The summed E-state index contributed by atoms with van der Waals surface area (Å²) in [6, 6.07) is 0. The molecule has 44 valence electrons. The average Bonchev–Trinajstić information content (AvgIpc) is 1.62. The molecular weight excluding hydrogens is 136 g/mol. The van der Waals surface area contributed by atoms with E-state index in [2.05, 4.69) is 23.0 Å². The van der Waals surface area contributed by atoms with Gasteiger partial charge in [0.15, 0.2) is 0 Å². The fourth-order valence-electron chi connectivity index (χ4n) is 0.437. The molecule has 0 saturated heterocycles. The van der Waals surface area contributed by atoms with E-state index in [1.807, 2.05) is 23.5 Å². The predicted octanol–water partition coefficient (Wildman–Crippen LogP) is 2.49. The number of rotatable bonds is 0. The summed E-state index contributed by atoms with van der Waals surface area (Å²) in [7, 11) is 0. The summed E-state index contributed by atoms with van der Waals surface area (Å²) in [6.07, 6.45) is 4.39. The average molecular weight is 144 g/mol. The second-order valence-electron chi connectivity index (χ2n) is 1.41. The van der Waals surface area contributed by atoms with E-state index < -0.39 is 0 Å². The van der Waals surface area contributed by atoms with Gasteiger partial charge >= 0.3 is 0 Å². The fraction of sp³-hybridized carbons (Fsp3) is 0.333. The maximum atomic E-state index is 2.19. The number of hydrogen-bond acceptors (Lipinski definition) is 2.